The maximum Gasteiger partial charge on any atom is 0.211 e. The van der Waals surface area contributed by atoms with Crippen molar-refractivity contribution in [3.63, 3.8) is 0 Å². The zero-order valence-corrected chi connectivity index (χ0v) is 65.2. The fourth-order valence-corrected chi connectivity index (χ4v) is 3.54. The van der Waals surface area contributed by atoms with E-state index in [0.717, 1.165) is 0 Å². The van der Waals surface area contributed by atoms with Crippen LogP contribution in [0, 0.1) is 48.7 Å². The summed E-state index contributed by atoms with van der Waals surface area (Å²) in [5, 5.41) is 142. The van der Waals surface area contributed by atoms with Gasteiger partial charge >= 0.3 is 0 Å². The molecule has 68 N–H and O–H groups in total. The topological polar surface area (TPSA) is 1310 Å². The van der Waals surface area contributed by atoms with Crippen LogP contribution >= 0.6 is 0 Å². The molecule has 0 saturated heterocycles. The van der Waals surface area contributed by atoms with Crippen molar-refractivity contribution in [1.29, 1.82) is 48.7 Å². The van der Waals surface area contributed by atoms with E-state index in [4.69, 9.17) is 203 Å². The van der Waals surface area contributed by atoms with E-state index in [1.54, 1.807) is 62.3 Å². The van der Waals surface area contributed by atoms with Gasteiger partial charge in [0.1, 0.15) is 23.3 Å². The van der Waals surface area contributed by atoms with Crippen LogP contribution < -0.4 is 182 Å². The molecule has 0 radical (unpaired) electrons. The van der Waals surface area contributed by atoms with Crippen LogP contribution in [0.25, 0.3) is 0 Å². The van der Waals surface area contributed by atoms with Crippen molar-refractivity contribution >= 4 is 214 Å². The number of rotatable bonds is 31. The molecule has 117 heavy (non-hydrogen) atoms. The normalized spacial score (nSPS) is 11.4. The maximum atomic E-state index is 6.87. The minimum Gasteiger partial charge on any atom is -0.386 e. The lowest BCUT2D eigenvalue weighted by Crippen LogP contribution is -2.25. The van der Waals surface area contributed by atoms with Gasteiger partial charge in [-0.3, -0.25) is 68.7 Å². The van der Waals surface area contributed by atoms with Gasteiger partial charge in [0.05, 0.1) is 109 Å². The fourth-order valence-electron chi connectivity index (χ4n) is 3.54. The number of nitrogens with zero attached hydrogens (tertiary/aromatic N) is 27. The highest BCUT2D eigenvalue weighted by Crippen LogP contribution is 1.83. The van der Waals surface area contributed by atoms with Crippen LogP contribution in [-0.2, 0) is 0 Å². The van der Waals surface area contributed by atoms with Gasteiger partial charge in [0.15, 0.2) is 0 Å². The van der Waals surface area contributed by atoms with Gasteiger partial charge in [-0.1, -0.05) is 0 Å². The van der Waals surface area contributed by atoms with Gasteiger partial charge in [0.2, 0.25) is 83.4 Å². The molecule has 0 amide bonds. The van der Waals surface area contributed by atoms with E-state index in [1.807, 2.05) is 0 Å². The van der Waals surface area contributed by atoms with Crippen molar-refractivity contribution in [2.75, 3.05) is 26.2 Å². The number of aliphatic imine (C=N–C) groups is 4. The molecule has 648 valence electrons. The van der Waals surface area contributed by atoms with Crippen LogP contribution in [0.5, 0.6) is 0 Å². The zero-order chi connectivity index (χ0) is 92.4. The molecule has 0 aliphatic heterocycles. The van der Waals surface area contributed by atoms with Gasteiger partial charge in [-0.25, -0.2) is 27.1 Å². The zero-order valence-electron chi connectivity index (χ0n) is 65.2. The van der Waals surface area contributed by atoms with Crippen LogP contribution in [0.3, 0.4) is 0 Å². The molecule has 68 heteroatoms. The average Bonchev–Trinajstić information content (AvgIpc) is 1.08. The Kier molecular flexibility index (Phi) is 78.9. The molecule has 0 rings (SSSR count). The number of nitrogens with two attached hydrogens (primary N) is 27. The highest BCUT2D eigenvalue weighted by Gasteiger charge is 1.93. The third kappa shape index (κ3) is 137. The second kappa shape index (κ2) is 78.8. The average molecular weight is 1650 g/mol. The summed E-state index contributed by atoms with van der Waals surface area (Å²) in [6, 6.07) is 0. The van der Waals surface area contributed by atoms with Gasteiger partial charge in [-0.15, -0.1) is 45.9 Å². The van der Waals surface area contributed by atoms with Crippen LogP contribution in [0.15, 0.2) is 137 Å². The molecular formula is C49H112N68. The van der Waals surface area contributed by atoms with E-state index in [1.165, 1.54) is 55.9 Å². The summed E-state index contributed by atoms with van der Waals surface area (Å²) in [6.07, 6.45) is 12.4. The molecule has 0 spiro atoms. The molecule has 0 atom stereocenters. The number of hydrogen-bond acceptors (Lipinski definition) is 36. The molecule has 68 nitrogen and oxygen atoms in total. The van der Waals surface area contributed by atoms with Crippen molar-refractivity contribution in [3.05, 3.63) is 0 Å². The summed E-state index contributed by atoms with van der Waals surface area (Å²) in [7, 11) is 0. The van der Waals surface area contributed by atoms with E-state index in [0.29, 0.717) is 51.4 Å². The largest absolute Gasteiger partial charge is 0.386 e. The highest BCUT2D eigenvalue weighted by atomic mass is 15.4. The Balaban J connectivity index is -0.000000160. The molecule has 0 bridgehead atoms. The number of hydrazone groups is 5. The van der Waals surface area contributed by atoms with Crippen molar-refractivity contribution in [2.24, 2.45) is 292 Å². The first-order valence-corrected chi connectivity index (χ1v) is 30.3. The highest BCUT2D eigenvalue weighted by molar-refractivity contribution is 6.33. The summed E-state index contributed by atoms with van der Waals surface area (Å²) >= 11 is 0. The first-order valence-electron chi connectivity index (χ1n) is 30.3. The molecule has 0 aromatic rings. The lowest BCUT2D eigenvalue weighted by Gasteiger charge is -1.92. The molecule has 0 unspecified atom stereocenters. The molecule has 0 aromatic carbocycles. The standard InChI is InChI=1S/4C6H13N7.5C5H12N8/c4*1-4(12-13-6(9)10)2-11-3-5(7)8;5*1-3(11-13-5(8)9)2-10-12-4(6)7/h4*2H,3H2,1H3,(H3,7,8)(H4,9,10,13);5*2H,1H3,(H4,6,7,12)(H4,8,9,13)/b2*11-2?,12-4+;2*11-2?,12-4-;10-2+,11-3+;10-2+,11-3-;3*10-2-,11-3+. The molecule has 0 heterocycles. The van der Waals surface area contributed by atoms with Crippen molar-refractivity contribution < 1.29 is 0 Å². The Hall–Kier alpha value is -18.3. The summed E-state index contributed by atoms with van der Waals surface area (Å²) in [5.74, 6) is -2.43. The van der Waals surface area contributed by atoms with Crippen LogP contribution in [0.4, 0.5) is 0 Å². The number of hydrogen-bond donors (Lipinski definition) is 41. The maximum absolute atomic E-state index is 6.87. The molecule has 0 saturated carbocycles. The summed E-state index contributed by atoms with van der Waals surface area (Å²) in [4.78, 5) is 15.2. The Labute approximate surface area is 668 Å². The summed E-state index contributed by atoms with van der Waals surface area (Å²) in [6.45, 7) is 15.5. The van der Waals surface area contributed by atoms with Crippen molar-refractivity contribution in [1.82, 2.24) is 27.1 Å². The van der Waals surface area contributed by atoms with Gasteiger partial charge in [0, 0.05) is 24.9 Å². The Bertz CT molecular complexity index is 3120. The Morgan fingerprint density at radius 1 is 0.179 bits per heavy atom. The predicted molar refractivity (Wildman–Crippen MR) is 479 cm³/mol. The molecule has 0 aliphatic carbocycles. The summed E-state index contributed by atoms with van der Waals surface area (Å²) < 4.78 is 0. The lowest BCUT2D eigenvalue weighted by atomic mass is 10.5. The quantitative estimate of drug-likeness (QED) is 0.0174. The first kappa shape index (κ1) is 117. The lowest BCUT2D eigenvalue weighted by molar-refractivity contribution is 1.00. The SMILES string of the molecule is C/C(C=NCC(=N)N)=N/N=C(N)N.C/C(C=NCC(=N)N)=N/N=C(N)N.C/C(C=NCC(=N)N)=N\N=C(N)N.C/C(C=NCC(=N)N)=N\N=C(N)N.CC(/C=N/NC(=N)N)=N/N=C(N)N.CC(/C=N/NC(=N)N)=N\N=C(N)N.CC(/C=N\NC(=N)N)=N\N=C(N)N.CC(/C=N\NC(=N)N)=N\N=C(N)N.CC(/C=N\NC(=N)N)=N\N=C(N)N. The van der Waals surface area contributed by atoms with E-state index in [-0.39, 0.29) is 133 Å². The monoisotopic (exact) mass is 1650 g/mol. The minimum absolute atomic E-state index is 0.00844. The van der Waals surface area contributed by atoms with Crippen molar-refractivity contribution in [3.8, 4) is 0 Å². The van der Waals surface area contributed by atoms with Gasteiger partial charge in [-0.05, 0) is 62.3 Å². The van der Waals surface area contributed by atoms with Gasteiger partial charge < -0.3 is 155 Å². The molecular weight excluding hydrogens is 1540 g/mol. The van der Waals surface area contributed by atoms with E-state index >= 15 is 0 Å². The molecule has 0 fully saturated rings. The second-order valence-corrected chi connectivity index (χ2v) is 19.3. The van der Waals surface area contributed by atoms with E-state index in [2.05, 4.69) is 164 Å². The Morgan fingerprint density at radius 2 is 0.282 bits per heavy atom. The number of nitrogens with one attached hydrogen (secondary N) is 14. The number of amidine groups is 4. The van der Waals surface area contributed by atoms with Gasteiger partial charge in [-0.2, -0.15) is 71.4 Å². The molecule has 0 aromatic heterocycles. The third-order valence-corrected chi connectivity index (χ3v) is 7.25. The van der Waals surface area contributed by atoms with Crippen LogP contribution in [0.1, 0.15) is 62.3 Å². The Morgan fingerprint density at radius 3 is 0.368 bits per heavy atom. The van der Waals surface area contributed by atoms with Crippen LogP contribution in [0.2, 0.25) is 0 Å². The van der Waals surface area contributed by atoms with Crippen molar-refractivity contribution in [2.45, 2.75) is 62.3 Å². The van der Waals surface area contributed by atoms with Gasteiger partial charge in [0.25, 0.3) is 0 Å². The third-order valence-electron chi connectivity index (χ3n) is 7.25. The smallest absolute Gasteiger partial charge is 0.211 e. The van der Waals surface area contributed by atoms with Crippen LogP contribution in [-0.4, -0.2) is 240 Å². The summed E-state index contributed by atoms with van der Waals surface area (Å²) in [5.41, 5.74) is 151. The number of guanidine groups is 14. The predicted octanol–water partition coefficient (Wildman–Crippen LogP) is -14.9. The van der Waals surface area contributed by atoms with E-state index < -0.39 is 0 Å². The van der Waals surface area contributed by atoms with E-state index in [9.17, 15) is 0 Å². The second-order valence-electron chi connectivity index (χ2n) is 19.3. The first-order chi connectivity index (χ1) is 54.2. The fraction of sp³-hybridized carbons (Fsp3) is 0.265. The molecule has 0 aliphatic rings. The minimum atomic E-state index is -0.258.